The van der Waals surface area contributed by atoms with Crippen LogP contribution in [-0.2, 0) is 0 Å². The van der Waals surface area contributed by atoms with Crippen LogP contribution in [0, 0.1) is 29.6 Å². The Kier molecular flexibility index (Phi) is 11.9. The molecule has 0 aromatic heterocycles. The van der Waals surface area contributed by atoms with Gasteiger partial charge in [0.2, 0.25) is 0 Å². The Labute approximate surface area is 176 Å². The lowest BCUT2D eigenvalue weighted by atomic mass is 9.67. The average Bonchev–Trinajstić information content (AvgIpc) is 2.63. The van der Waals surface area contributed by atoms with Gasteiger partial charge in [-0.25, -0.2) is 0 Å². The highest BCUT2D eigenvalue weighted by Crippen LogP contribution is 2.45. The highest BCUT2D eigenvalue weighted by molar-refractivity contribution is 5.41. The second kappa shape index (κ2) is 13.3. The minimum Gasteiger partial charge on any atom is -0.508 e. The predicted octanol–water partition coefficient (Wildman–Crippen LogP) is 9.03. The molecular weight excluding hydrogens is 340 g/mol. The standard InChI is InChI=1S/C27H48O/c1-8-12-20(5)18-23(14-10-3)26-22(7)16-17-25(28)27(26)24(15-11-4)19-21(6)13-9-2/h16-17,20-21,23-24,26,28H,7-15,18-19H2,1-6H3. The molecule has 0 bridgehead atoms. The molecule has 0 saturated carbocycles. The molecule has 0 spiro atoms. The zero-order valence-corrected chi connectivity index (χ0v) is 19.8. The van der Waals surface area contributed by atoms with E-state index >= 15 is 0 Å². The molecular formula is C27H48O. The molecule has 0 radical (unpaired) electrons. The zero-order valence-electron chi connectivity index (χ0n) is 19.8. The van der Waals surface area contributed by atoms with Crippen LogP contribution in [0.15, 0.2) is 35.6 Å². The summed E-state index contributed by atoms with van der Waals surface area (Å²) in [5, 5.41) is 11.0. The molecule has 0 aromatic rings. The number of hydrogen-bond acceptors (Lipinski definition) is 1. The monoisotopic (exact) mass is 388 g/mol. The fraction of sp³-hybridized carbons (Fsp3) is 0.778. The fourth-order valence-electron chi connectivity index (χ4n) is 5.53. The molecule has 0 heterocycles. The lowest BCUT2D eigenvalue weighted by Crippen LogP contribution is -2.28. The number of aliphatic hydroxyl groups is 1. The van der Waals surface area contributed by atoms with Gasteiger partial charge in [-0.2, -0.15) is 0 Å². The van der Waals surface area contributed by atoms with E-state index in [4.69, 9.17) is 0 Å². The maximum atomic E-state index is 11.0. The van der Waals surface area contributed by atoms with E-state index in [1.165, 1.54) is 75.4 Å². The van der Waals surface area contributed by atoms with Gasteiger partial charge in [0.1, 0.15) is 5.76 Å². The Balaban J connectivity index is 3.22. The summed E-state index contributed by atoms with van der Waals surface area (Å²) in [4.78, 5) is 0. The second-order valence-corrected chi connectivity index (χ2v) is 9.52. The molecule has 1 rings (SSSR count). The summed E-state index contributed by atoms with van der Waals surface area (Å²) in [6.07, 6.45) is 16.3. The summed E-state index contributed by atoms with van der Waals surface area (Å²) >= 11 is 0. The third-order valence-electron chi connectivity index (χ3n) is 6.65. The Morgan fingerprint density at radius 3 is 1.89 bits per heavy atom. The minimum absolute atomic E-state index is 0.328. The van der Waals surface area contributed by atoms with E-state index < -0.39 is 0 Å². The zero-order chi connectivity index (χ0) is 21.1. The molecule has 1 nitrogen and oxygen atoms in total. The molecule has 5 atom stereocenters. The molecule has 0 aliphatic heterocycles. The van der Waals surface area contributed by atoms with Crippen molar-refractivity contribution in [3.8, 4) is 0 Å². The maximum Gasteiger partial charge on any atom is 0.115 e. The van der Waals surface area contributed by atoms with Crippen molar-refractivity contribution in [1.29, 1.82) is 0 Å². The van der Waals surface area contributed by atoms with Crippen LogP contribution < -0.4 is 0 Å². The first-order valence-electron chi connectivity index (χ1n) is 12.2. The third kappa shape index (κ3) is 7.45. The summed E-state index contributed by atoms with van der Waals surface area (Å²) in [6.45, 7) is 18.4. The number of allylic oxidation sites excluding steroid dienone is 4. The van der Waals surface area contributed by atoms with Crippen molar-refractivity contribution in [1.82, 2.24) is 0 Å². The second-order valence-electron chi connectivity index (χ2n) is 9.52. The lowest BCUT2D eigenvalue weighted by Gasteiger charge is -2.38. The number of hydrogen-bond donors (Lipinski definition) is 1. The smallest absolute Gasteiger partial charge is 0.115 e. The summed E-state index contributed by atoms with van der Waals surface area (Å²) in [5.41, 5.74) is 2.54. The van der Waals surface area contributed by atoms with Crippen LogP contribution in [0.2, 0.25) is 0 Å². The largest absolute Gasteiger partial charge is 0.508 e. The van der Waals surface area contributed by atoms with Gasteiger partial charge in [-0.15, -0.1) is 0 Å². The molecule has 1 aliphatic carbocycles. The van der Waals surface area contributed by atoms with Gasteiger partial charge in [0.25, 0.3) is 0 Å². The molecule has 1 aliphatic rings. The molecule has 0 aromatic carbocycles. The van der Waals surface area contributed by atoms with Gasteiger partial charge < -0.3 is 5.11 Å². The van der Waals surface area contributed by atoms with E-state index in [2.05, 4.69) is 54.2 Å². The van der Waals surface area contributed by atoms with Gasteiger partial charge in [0.15, 0.2) is 0 Å². The summed E-state index contributed by atoms with van der Waals surface area (Å²) in [5.74, 6) is 3.41. The Morgan fingerprint density at radius 2 is 1.36 bits per heavy atom. The van der Waals surface area contributed by atoms with Gasteiger partial charge >= 0.3 is 0 Å². The van der Waals surface area contributed by atoms with E-state index in [1.54, 1.807) is 0 Å². The van der Waals surface area contributed by atoms with E-state index in [9.17, 15) is 5.11 Å². The first-order valence-corrected chi connectivity index (χ1v) is 12.2. The quantitative estimate of drug-likeness (QED) is 0.314. The van der Waals surface area contributed by atoms with Crippen molar-refractivity contribution >= 4 is 0 Å². The van der Waals surface area contributed by atoms with Crippen LogP contribution in [0.4, 0.5) is 0 Å². The summed E-state index contributed by atoms with van der Waals surface area (Å²) in [6, 6.07) is 0. The van der Waals surface area contributed by atoms with Gasteiger partial charge in [-0.3, -0.25) is 0 Å². The highest BCUT2D eigenvalue weighted by atomic mass is 16.3. The first-order chi connectivity index (χ1) is 13.4. The Morgan fingerprint density at radius 1 is 0.821 bits per heavy atom. The van der Waals surface area contributed by atoms with Crippen LogP contribution in [0.3, 0.4) is 0 Å². The van der Waals surface area contributed by atoms with Crippen molar-refractivity contribution in [3.05, 3.63) is 35.6 Å². The van der Waals surface area contributed by atoms with E-state index in [0.29, 0.717) is 29.4 Å². The van der Waals surface area contributed by atoms with E-state index in [-0.39, 0.29) is 0 Å². The van der Waals surface area contributed by atoms with Gasteiger partial charge in [0, 0.05) is 5.92 Å². The maximum absolute atomic E-state index is 11.0. The SMILES string of the molecule is C=C1C=CC(O)=C(C(CCC)CC(C)CCC)C1C(CCC)CC(C)CCC. The fourth-order valence-corrected chi connectivity index (χ4v) is 5.53. The minimum atomic E-state index is 0.328. The normalized spacial score (nSPS) is 21.6. The van der Waals surface area contributed by atoms with Crippen LogP contribution in [0.25, 0.3) is 0 Å². The molecule has 0 saturated heterocycles. The Bertz CT molecular complexity index is 512. The van der Waals surface area contributed by atoms with E-state index in [1.807, 2.05) is 6.08 Å². The van der Waals surface area contributed by atoms with Crippen LogP contribution in [0.1, 0.15) is 106 Å². The van der Waals surface area contributed by atoms with Crippen molar-refractivity contribution in [2.45, 2.75) is 106 Å². The molecule has 0 amide bonds. The number of rotatable bonds is 14. The Hall–Kier alpha value is -0.980. The number of aliphatic hydroxyl groups excluding tert-OH is 1. The summed E-state index contributed by atoms with van der Waals surface area (Å²) < 4.78 is 0. The molecule has 162 valence electrons. The van der Waals surface area contributed by atoms with Gasteiger partial charge in [-0.05, 0) is 66.6 Å². The molecule has 0 fully saturated rings. The van der Waals surface area contributed by atoms with Gasteiger partial charge in [0.05, 0.1) is 0 Å². The molecule has 1 heteroatoms. The topological polar surface area (TPSA) is 20.2 Å². The third-order valence-corrected chi connectivity index (χ3v) is 6.65. The average molecular weight is 389 g/mol. The van der Waals surface area contributed by atoms with E-state index in [0.717, 1.165) is 5.92 Å². The van der Waals surface area contributed by atoms with Crippen LogP contribution >= 0.6 is 0 Å². The van der Waals surface area contributed by atoms with Crippen molar-refractivity contribution in [2.75, 3.05) is 0 Å². The summed E-state index contributed by atoms with van der Waals surface area (Å²) in [7, 11) is 0. The van der Waals surface area contributed by atoms with Crippen molar-refractivity contribution in [2.24, 2.45) is 29.6 Å². The van der Waals surface area contributed by atoms with Gasteiger partial charge in [-0.1, -0.05) is 92.7 Å². The predicted molar refractivity (Wildman–Crippen MR) is 126 cm³/mol. The van der Waals surface area contributed by atoms with Crippen LogP contribution in [0.5, 0.6) is 0 Å². The highest BCUT2D eigenvalue weighted by Gasteiger charge is 2.35. The lowest BCUT2D eigenvalue weighted by molar-refractivity contribution is 0.261. The molecule has 28 heavy (non-hydrogen) atoms. The first kappa shape index (κ1) is 25.1. The molecule has 5 unspecified atom stereocenters. The van der Waals surface area contributed by atoms with Crippen molar-refractivity contribution in [3.63, 3.8) is 0 Å². The molecule has 1 N–H and O–H groups in total. The van der Waals surface area contributed by atoms with Crippen molar-refractivity contribution < 1.29 is 5.11 Å². The van der Waals surface area contributed by atoms with Crippen LogP contribution in [-0.4, -0.2) is 5.11 Å².